The van der Waals surface area contributed by atoms with Gasteiger partial charge in [-0.3, -0.25) is 0 Å². The molecule has 1 aromatic heterocycles. The van der Waals surface area contributed by atoms with Crippen LogP contribution >= 0.6 is 20.2 Å². The molecular weight excluding hydrogens is 569 g/mol. The monoisotopic (exact) mass is 609 g/mol. The molecule has 0 bridgehead atoms. The molecule has 3 aromatic rings. The Morgan fingerprint density at radius 2 is 0.897 bits per heavy atom. The van der Waals surface area contributed by atoms with Crippen molar-refractivity contribution >= 4 is 43.0 Å². The van der Waals surface area contributed by atoms with E-state index in [1.54, 1.807) is 6.33 Å². The van der Waals surface area contributed by atoms with Crippen LogP contribution in [-0.4, -0.2) is 26.4 Å². The Morgan fingerprint density at radius 3 is 1.15 bits per heavy atom. The van der Waals surface area contributed by atoms with Gasteiger partial charge >= 0.3 is 33.3 Å². The first-order valence-corrected chi connectivity index (χ1v) is 16.4. The van der Waals surface area contributed by atoms with Crippen molar-refractivity contribution in [1.29, 1.82) is 0 Å². The predicted molar refractivity (Wildman–Crippen MR) is 165 cm³/mol. The van der Waals surface area contributed by atoms with Crippen molar-refractivity contribution in [2.24, 2.45) is 9.98 Å². The molecule has 2 aromatic carbocycles. The van der Waals surface area contributed by atoms with E-state index >= 15 is 0 Å². The van der Waals surface area contributed by atoms with E-state index in [4.69, 9.17) is 35.2 Å². The molecule has 0 saturated carbocycles. The first kappa shape index (κ1) is 33.1. The van der Waals surface area contributed by atoms with Crippen LogP contribution < -0.4 is 0 Å². The molecule has 0 N–H and O–H groups in total. The van der Waals surface area contributed by atoms with Crippen LogP contribution in [0, 0.1) is 0 Å². The van der Waals surface area contributed by atoms with E-state index in [2.05, 4.69) is 102 Å². The molecule has 212 valence electrons. The Bertz CT molecular complexity index is 1150. The van der Waals surface area contributed by atoms with E-state index < -0.39 is 0 Å². The summed E-state index contributed by atoms with van der Waals surface area (Å²) in [5.41, 5.74) is 8.54. The van der Waals surface area contributed by atoms with E-state index in [0.717, 1.165) is 22.8 Å². The number of aromatic nitrogens is 3. The fourth-order valence-corrected chi connectivity index (χ4v) is 4.36. The molecule has 0 spiro atoms. The quantitative estimate of drug-likeness (QED) is 0.188. The zero-order valence-corrected chi connectivity index (χ0v) is 27.3. The summed E-state index contributed by atoms with van der Waals surface area (Å²) in [4.78, 5) is 23.8. The average molecular weight is 610 g/mol. The van der Waals surface area contributed by atoms with Gasteiger partial charge < -0.3 is 0 Å². The second kappa shape index (κ2) is 15.6. The molecule has 0 aliphatic heterocycles. The summed E-state index contributed by atoms with van der Waals surface area (Å²) in [5, 5.41) is 0. The van der Waals surface area contributed by atoms with Crippen molar-refractivity contribution in [2.75, 3.05) is 0 Å². The molecule has 8 heteroatoms. The number of para-hydroxylation sites is 2. The molecule has 0 fully saturated rings. The van der Waals surface area contributed by atoms with Crippen LogP contribution in [0.4, 0.5) is 11.4 Å². The van der Waals surface area contributed by atoms with Gasteiger partial charge in [0.15, 0.2) is 11.6 Å². The Kier molecular flexibility index (Phi) is 13.3. The third-order valence-electron chi connectivity index (χ3n) is 6.46. The number of hydrogen-bond acceptors (Lipinski definition) is 5. The average Bonchev–Trinajstić information content (AvgIpc) is 2.88. The zero-order valence-electron chi connectivity index (χ0n) is 24.7. The summed E-state index contributed by atoms with van der Waals surface area (Å²) < 4.78 is 0. The molecule has 0 saturated heterocycles. The maximum atomic E-state index is 5.05. The van der Waals surface area contributed by atoms with E-state index in [9.17, 15) is 0 Å². The summed E-state index contributed by atoms with van der Waals surface area (Å²) in [6, 6.07) is 12.9. The fourth-order valence-electron chi connectivity index (χ4n) is 4.36. The van der Waals surface area contributed by atoms with E-state index in [-0.39, 0.29) is 13.1 Å². The summed E-state index contributed by atoms with van der Waals surface area (Å²) in [7, 11) is 9.53. The van der Waals surface area contributed by atoms with Gasteiger partial charge in [0, 0.05) is 0 Å². The Labute approximate surface area is 249 Å². The maximum absolute atomic E-state index is 5.05. The van der Waals surface area contributed by atoms with Crippen LogP contribution in [0.1, 0.15) is 127 Å². The van der Waals surface area contributed by atoms with Crippen LogP contribution in [0.3, 0.4) is 0 Å². The molecule has 0 radical (unpaired) electrons. The van der Waals surface area contributed by atoms with Crippen LogP contribution in [-0.2, 0) is 13.1 Å². The molecule has 3 rings (SSSR count). The van der Waals surface area contributed by atoms with Crippen LogP contribution in [0.25, 0.3) is 0 Å². The number of rotatable bonds is 8. The normalized spacial score (nSPS) is 12.5. The van der Waals surface area contributed by atoms with Crippen LogP contribution in [0.5, 0.6) is 0 Å². The van der Waals surface area contributed by atoms with Gasteiger partial charge in [0.2, 0.25) is 0 Å². The van der Waals surface area contributed by atoms with Crippen LogP contribution in [0.15, 0.2) is 52.7 Å². The van der Waals surface area contributed by atoms with Gasteiger partial charge in [-0.2, -0.15) is 0 Å². The van der Waals surface area contributed by atoms with Crippen molar-refractivity contribution in [3.63, 3.8) is 0 Å². The molecule has 0 atom stereocenters. The van der Waals surface area contributed by atoms with E-state index in [1.165, 1.54) is 22.3 Å². The number of hydrogen-bond donors (Lipinski definition) is 0. The zero-order chi connectivity index (χ0) is 29.3. The molecule has 39 heavy (non-hydrogen) atoms. The van der Waals surface area contributed by atoms with Crippen LogP contribution in [0.2, 0.25) is 0 Å². The summed E-state index contributed by atoms with van der Waals surface area (Å²) >= 11 is 0.194. The number of benzene rings is 2. The third-order valence-corrected chi connectivity index (χ3v) is 6.46. The molecule has 0 unspecified atom stereocenters. The number of aliphatic imine (C=N–C) groups is 2. The first-order chi connectivity index (χ1) is 18.4. The summed E-state index contributed by atoms with van der Waals surface area (Å²) in [5.74, 6) is 2.63. The molecule has 0 amide bonds. The molecule has 1 heterocycles. The van der Waals surface area contributed by atoms with Crippen molar-refractivity contribution in [2.45, 2.75) is 92.9 Å². The van der Waals surface area contributed by atoms with Crippen molar-refractivity contribution in [1.82, 2.24) is 15.0 Å². The molecular formula is C31H41Cl2FeN5. The first-order valence-electron chi connectivity index (χ1n) is 13.3. The SMILES string of the molecule is CC(=Nc1c(C(C)C)cccc1C(C)C)c1ncnc(C(C)=Nc2c(C(C)C)cccc2C(C)C)n1.[Cl][Fe][Cl]. The standard InChI is InChI=1S/C31H41N5.2ClH.Fe/c1-18(2)24-13-11-14-25(19(3)4)28(24)34-22(9)30-32-17-33-31(36-30)23(10)35-29-26(20(5)6)15-12-16-27(29)21(7)8;;;/h11-21H,1-10H3;2*1H;/q;;;+2/p-2. The molecule has 0 aliphatic carbocycles. The van der Waals surface area contributed by atoms with E-state index in [1.807, 2.05) is 13.8 Å². The molecule has 0 aliphatic rings. The second-order valence-electron chi connectivity index (χ2n) is 10.8. The minimum atomic E-state index is 0.194. The van der Waals surface area contributed by atoms with Crippen molar-refractivity contribution < 1.29 is 13.1 Å². The van der Waals surface area contributed by atoms with Gasteiger partial charge in [0.25, 0.3) is 0 Å². The van der Waals surface area contributed by atoms with Gasteiger partial charge in [0.1, 0.15) is 6.33 Å². The number of nitrogens with zero attached hydrogens (tertiary/aromatic N) is 5. The Morgan fingerprint density at radius 1 is 0.615 bits per heavy atom. The second-order valence-corrected chi connectivity index (χ2v) is 12.6. The van der Waals surface area contributed by atoms with Gasteiger partial charge in [0.05, 0.1) is 22.8 Å². The third kappa shape index (κ3) is 8.94. The Balaban J connectivity index is 0.00000170. The summed E-state index contributed by atoms with van der Waals surface area (Å²) in [6.45, 7) is 21.6. The number of halogens is 2. The minimum absolute atomic E-state index is 0.194. The predicted octanol–water partition coefficient (Wildman–Crippen LogP) is 10.0. The van der Waals surface area contributed by atoms with Gasteiger partial charge in [-0.15, -0.1) is 0 Å². The van der Waals surface area contributed by atoms with Crippen molar-refractivity contribution in [3.8, 4) is 0 Å². The van der Waals surface area contributed by atoms with E-state index in [0.29, 0.717) is 35.3 Å². The van der Waals surface area contributed by atoms with Gasteiger partial charge in [-0.1, -0.05) is 91.8 Å². The van der Waals surface area contributed by atoms with Gasteiger partial charge in [-0.25, -0.2) is 24.9 Å². The topological polar surface area (TPSA) is 63.4 Å². The Hall–Kier alpha value is -2.11. The van der Waals surface area contributed by atoms with Gasteiger partial charge in [-0.05, 0) is 59.8 Å². The summed E-state index contributed by atoms with van der Waals surface area (Å²) in [6.07, 6.45) is 1.56. The van der Waals surface area contributed by atoms with Crippen molar-refractivity contribution in [3.05, 3.63) is 76.6 Å². The fraction of sp³-hybridized carbons (Fsp3) is 0.452. The molecule has 5 nitrogen and oxygen atoms in total.